The van der Waals surface area contributed by atoms with Crippen molar-refractivity contribution in [2.24, 2.45) is 5.16 Å². The molecule has 34 heavy (non-hydrogen) atoms. The number of hydrogen-bond donors (Lipinski definition) is 1. The molecule has 0 unspecified atom stereocenters. The number of ether oxygens (including phenoxy) is 2. The SMILES string of the molecule is COc1ccc2nc(OCC(=N)O/N=C/c3cccnc3)c(C#N)c(-c3cccc(F)c3)c2c1. The van der Waals surface area contributed by atoms with E-state index < -0.39 is 5.82 Å². The second-order valence-corrected chi connectivity index (χ2v) is 7.00. The van der Waals surface area contributed by atoms with Crippen LogP contribution in [0.5, 0.6) is 11.6 Å². The molecule has 0 saturated carbocycles. The molecule has 0 aliphatic rings. The van der Waals surface area contributed by atoms with Crippen LogP contribution in [0.2, 0.25) is 0 Å². The highest BCUT2D eigenvalue weighted by atomic mass is 19.1. The van der Waals surface area contributed by atoms with Gasteiger partial charge in [-0.15, -0.1) is 0 Å². The van der Waals surface area contributed by atoms with Gasteiger partial charge in [0.05, 0.1) is 18.8 Å². The van der Waals surface area contributed by atoms with Crippen LogP contribution in [-0.4, -0.2) is 35.8 Å². The summed E-state index contributed by atoms with van der Waals surface area (Å²) in [5.41, 5.74) is 2.24. The van der Waals surface area contributed by atoms with E-state index in [4.69, 9.17) is 19.7 Å². The molecule has 0 aliphatic heterocycles. The van der Waals surface area contributed by atoms with Gasteiger partial charge < -0.3 is 14.3 Å². The van der Waals surface area contributed by atoms with Crippen LogP contribution in [0.4, 0.5) is 4.39 Å². The molecule has 0 amide bonds. The number of hydrogen-bond acceptors (Lipinski definition) is 8. The fourth-order valence-electron chi connectivity index (χ4n) is 3.26. The molecule has 0 aliphatic carbocycles. The molecule has 0 spiro atoms. The van der Waals surface area contributed by atoms with Crippen molar-refractivity contribution in [2.45, 2.75) is 0 Å². The Kier molecular flexibility index (Phi) is 6.70. The van der Waals surface area contributed by atoms with Gasteiger partial charge in [0.15, 0.2) is 6.61 Å². The Hall–Kier alpha value is -4.84. The molecule has 4 aromatic rings. The molecule has 0 radical (unpaired) electrons. The number of fused-ring (bicyclic) bond motifs is 1. The standard InChI is InChI=1S/C25H18FN5O3/c1-32-19-7-8-22-20(11-19)24(17-5-2-6-18(26)10-17)21(12-27)25(31-22)33-15-23(28)34-30-14-16-4-3-9-29-13-16/h2-11,13-14,28H,15H2,1H3/b28-23?,30-14+. The topological polar surface area (TPSA) is 113 Å². The van der Waals surface area contributed by atoms with Crippen LogP contribution < -0.4 is 9.47 Å². The van der Waals surface area contributed by atoms with E-state index >= 15 is 0 Å². The Labute approximate surface area is 194 Å². The van der Waals surface area contributed by atoms with E-state index in [0.29, 0.717) is 33.3 Å². The molecule has 9 heteroatoms. The number of methoxy groups -OCH3 is 1. The van der Waals surface area contributed by atoms with E-state index in [0.717, 1.165) is 0 Å². The Morgan fingerprint density at radius 2 is 2.09 bits per heavy atom. The Balaban J connectivity index is 1.65. The lowest BCUT2D eigenvalue weighted by Crippen LogP contribution is -2.13. The highest BCUT2D eigenvalue weighted by Gasteiger charge is 2.19. The van der Waals surface area contributed by atoms with E-state index in [1.165, 1.54) is 25.5 Å². The van der Waals surface area contributed by atoms with Gasteiger partial charge in [-0.1, -0.05) is 23.4 Å². The van der Waals surface area contributed by atoms with E-state index in [2.05, 4.69) is 21.2 Å². The van der Waals surface area contributed by atoms with Crippen molar-refractivity contribution < 1.29 is 18.7 Å². The first kappa shape index (κ1) is 22.4. The molecule has 0 atom stereocenters. The summed E-state index contributed by atoms with van der Waals surface area (Å²) < 4.78 is 25.0. The average molecular weight is 455 g/mol. The maximum absolute atomic E-state index is 14.0. The van der Waals surface area contributed by atoms with Gasteiger partial charge in [0, 0.05) is 28.9 Å². The van der Waals surface area contributed by atoms with Gasteiger partial charge in [0.2, 0.25) is 5.88 Å². The normalized spacial score (nSPS) is 10.7. The number of pyridine rings is 2. The van der Waals surface area contributed by atoms with Gasteiger partial charge in [-0.3, -0.25) is 10.4 Å². The molecular formula is C25H18FN5O3. The zero-order valence-electron chi connectivity index (χ0n) is 18.0. The van der Waals surface area contributed by atoms with Crippen molar-refractivity contribution in [2.75, 3.05) is 13.7 Å². The summed E-state index contributed by atoms with van der Waals surface area (Å²) in [5, 5.41) is 22.2. The average Bonchev–Trinajstić information content (AvgIpc) is 2.86. The number of nitrogens with zero attached hydrogens (tertiary/aromatic N) is 4. The number of nitrogens with one attached hydrogen (secondary N) is 1. The second-order valence-electron chi connectivity index (χ2n) is 7.00. The van der Waals surface area contributed by atoms with Crippen LogP contribution in [0.3, 0.4) is 0 Å². The Morgan fingerprint density at radius 3 is 2.82 bits per heavy atom. The summed E-state index contributed by atoms with van der Waals surface area (Å²) in [6, 6.07) is 16.7. The molecule has 1 N–H and O–H groups in total. The summed E-state index contributed by atoms with van der Waals surface area (Å²) in [4.78, 5) is 13.4. The third kappa shape index (κ3) is 4.97. The van der Waals surface area contributed by atoms with Gasteiger partial charge in [-0.25, -0.2) is 9.37 Å². The fourth-order valence-corrected chi connectivity index (χ4v) is 3.26. The highest BCUT2D eigenvalue weighted by Crippen LogP contribution is 2.37. The Bertz CT molecular complexity index is 1420. The number of benzene rings is 2. The molecule has 2 aromatic heterocycles. The van der Waals surface area contributed by atoms with E-state index in [1.807, 2.05) is 0 Å². The van der Waals surface area contributed by atoms with Crippen LogP contribution in [0, 0.1) is 22.6 Å². The molecule has 4 rings (SSSR count). The molecule has 0 bridgehead atoms. The van der Waals surface area contributed by atoms with Gasteiger partial charge in [-0.05, 0) is 42.0 Å². The molecular weight excluding hydrogens is 437 g/mol. The summed E-state index contributed by atoms with van der Waals surface area (Å²) in [6.45, 7) is -0.323. The fraction of sp³-hybridized carbons (Fsp3) is 0.0800. The molecule has 8 nitrogen and oxygen atoms in total. The van der Waals surface area contributed by atoms with Crippen LogP contribution in [0.1, 0.15) is 11.1 Å². The molecule has 168 valence electrons. The monoisotopic (exact) mass is 455 g/mol. The zero-order chi connectivity index (χ0) is 23.9. The minimum Gasteiger partial charge on any atom is -0.497 e. The maximum Gasteiger partial charge on any atom is 0.255 e. The third-order valence-electron chi connectivity index (χ3n) is 4.77. The van der Waals surface area contributed by atoms with Gasteiger partial charge >= 0.3 is 0 Å². The van der Waals surface area contributed by atoms with Crippen LogP contribution in [0.25, 0.3) is 22.0 Å². The van der Waals surface area contributed by atoms with Gasteiger partial charge in [0.1, 0.15) is 23.2 Å². The molecule has 0 fully saturated rings. The summed E-state index contributed by atoms with van der Waals surface area (Å²) in [6.07, 6.45) is 4.63. The van der Waals surface area contributed by atoms with Crippen molar-refractivity contribution in [3.8, 4) is 28.8 Å². The molecule has 0 saturated heterocycles. The first-order valence-electron chi connectivity index (χ1n) is 10.1. The lowest BCUT2D eigenvalue weighted by atomic mass is 9.96. The maximum atomic E-state index is 14.0. The zero-order valence-corrected chi connectivity index (χ0v) is 18.0. The van der Waals surface area contributed by atoms with E-state index in [-0.39, 0.29) is 23.9 Å². The van der Waals surface area contributed by atoms with E-state index in [1.54, 1.807) is 54.9 Å². The van der Waals surface area contributed by atoms with Crippen LogP contribution >= 0.6 is 0 Å². The minimum absolute atomic E-state index is 0.0102. The summed E-state index contributed by atoms with van der Waals surface area (Å²) in [5.74, 6) is -0.193. The number of rotatable bonds is 7. The smallest absolute Gasteiger partial charge is 0.255 e. The first-order valence-corrected chi connectivity index (χ1v) is 10.1. The van der Waals surface area contributed by atoms with Crippen molar-refractivity contribution in [3.05, 3.63) is 83.9 Å². The van der Waals surface area contributed by atoms with Crippen molar-refractivity contribution in [3.63, 3.8) is 0 Å². The summed E-state index contributed by atoms with van der Waals surface area (Å²) in [7, 11) is 1.53. The van der Waals surface area contributed by atoms with Crippen molar-refractivity contribution in [1.82, 2.24) is 9.97 Å². The number of oxime groups is 1. The van der Waals surface area contributed by atoms with Crippen LogP contribution in [-0.2, 0) is 4.84 Å². The van der Waals surface area contributed by atoms with Crippen molar-refractivity contribution in [1.29, 1.82) is 10.7 Å². The number of nitriles is 1. The number of aromatic nitrogens is 2. The molecule has 2 aromatic carbocycles. The minimum atomic E-state index is -0.446. The van der Waals surface area contributed by atoms with Gasteiger partial charge in [0.25, 0.3) is 5.90 Å². The molecule has 2 heterocycles. The second kappa shape index (κ2) is 10.2. The first-order chi connectivity index (χ1) is 16.6. The predicted molar refractivity (Wildman–Crippen MR) is 125 cm³/mol. The van der Waals surface area contributed by atoms with Crippen molar-refractivity contribution >= 4 is 23.0 Å². The van der Waals surface area contributed by atoms with Crippen LogP contribution in [0.15, 0.2) is 72.1 Å². The highest BCUT2D eigenvalue weighted by molar-refractivity contribution is 5.99. The van der Waals surface area contributed by atoms with Gasteiger partial charge in [-0.2, -0.15) is 5.26 Å². The summed E-state index contributed by atoms with van der Waals surface area (Å²) >= 11 is 0. The lowest BCUT2D eigenvalue weighted by molar-refractivity contribution is 0.269. The third-order valence-corrected chi connectivity index (χ3v) is 4.77. The Morgan fingerprint density at radius 1 is 1.21 bits per heavy atom. The number of halogens is 1. The quantitative estimate of drug-likeness (QED) is 0.245. The lowest BCUT2D eigenvalue weighted by Gasteiger charge is -2.14. The van der Waals surface area contributed by atoms with E-state index in [9.17, 15) is 9.65 Å². The largest absolute Gasteiger partial charge is 0.497 e. The predicted octanol–water partition coefficient (Wildman–Crippen LogP) is 4.72.